The maximum atomic E-state index is 11.1. The van der Waals surface area contributed by atoms with Crippen LogP contribution in [0.15, 0.2) is 30.6 Å². The minimum Gasteiger partial charge on any atom is -0.477 e. The molecule has 0 saturated carbocycles. The lowest BCUT2D eigenvalue weighted by Gasteiger charge is -2.35. The van der Waals surface area contributed by atoms with E-state index in [0.29, 0.717) is 22.8 Å². The number of carboxylic acids is 1. The van der Waals surface area contributed by atoms with E-state index in [1.165, 1.54) is 6.07 Å². The second-order valence-electron chi connectivity index (χ2n) is 6.92. The van der Waals surface area contributed by atoms with Crippen LogP contribution in [0.25, 0.3) is 11.0 Å². The van der Waals surface area contributed by atoms with Gasteiger partial charge >= 0.3 is 5.97 Å². The summed E-state index contributed by atoms with van der Waals surface area (Å²) in [4.78, 5) is 31.4. The molecule has 0 aromatic carbocycles. The minimum absolute atomic E-state index is 0.0744. The molecule has 1 aliphatic heterocycles. The molecule has 3 aromatic heterocycles. The minimum atomic E-state index is -1.04. The molecule has 29 heavy (non-hydrogen) atoms. The first-order chi connectivity index (χ1) is 14.1. The summed E-state index contributed by atoms with van der Waals surface area (Å²) in [5.41, 5.74) is 1.59. The smallest absolute Gasteiger partial charge is 0.352 e. The van der Waals surface area contributed by atoms with Gasteiger partial charge in [-0.2, -0.15) is 4.98 Å². The highest BCUT2D eigenvalue weighted by Crippen LogP contribution is 2.20. The topological polar surface area (TPSA) is 130 Å². The summed E-state index contributed by atoms with van der Waals surface area (Å²) < 4.78 is 0. The van der Waals surface area contributed by atoms with Crippen molar-refractivity contribution in [2.24, 2.45) is 0 Å². The first-order valence-corrected chi connectivity index (χ1v) is 9.52. The van der Waals surface area contributed by atoms with Crippen molar-refractivity contribution in [3.05, 3.63) is 36.3 Å². The van der Waals surface area contributed by atoms with Crippen molar-refractivity contribution in [3.8, 4) is 0 Å². The van der Waals surface area contributed by atoms with Crippen LogP contribution in [-0.4, -0.2) is 80.3 Å². The number of hydrogen-bond acceptors (Lipinski definition) is 8. The van der Waals surface area contributed by atoms with Gasteiger partial charge in [-0.1, -0.05) is 0 Å². The number of pyridine rings is 1. The fourth-order valence-corrected chi connectivity index (χ4v) is 3.38. The second-order valence-corrected chi connectivity index (χ2v) is 6.92. The summed E-state index contributed by atoms with van der Waals surface area (Å²) in [6.45, 7) is 4.98. The van der Waals surface area contributed by atoms with Crippen LogP contribution in [0.1, 0.15) is 16.9 Å². The Bertz CT molecular complexity index is 981. The molecule has 4 heterocycles. The molecule has 4 N–H and O–H groups in total. The molecule has 3 aromatic rings. The number of hydrogen-bond donors (Lipinski definition) is 4. The second kappa shape index (κ2) is 8.41. The normalized spacial score (nSPS) is 15.0. The average molecular weight is 397 g/mol. The third kappa shape index (κ3) is 4.44. The van der Waals surface area contributed by atoms with Gasteiger partial charge in [0.1, 0.15) is 17.2 Å². The summed E-state index contributed by atoms with van der Waals surface area (Å²) in [5, 5.41) is 21.7. The fraction of sp³-hybridized carbons (Fsp3) is 0.368. The molecule has 0 bridgehead atoms. The van der Waals surface area contributed by atoms with E-state index >= 15 is 0 Å². The Hall–Kier alpha value is -3.24. The molecule has 10 heteroatoms. The predicted octanol–water partition coefficient (Wildman–Crippen LogP) is 1.30. The first kappa shape index (κ1) is 19.1. The van der Waals surface area contributed by atoms with E-state index in [2.05, 4.69) is 35.1 Å². The van der Waals surface area contributed by atoms with Crippen LogP contribution < -0.4 is 10.2 Å². The number of rotatable bonds is 7. The molecule has 152 valence electrons. The first-order valence-electron chi connectivity index (χ1n) is 9.52. The molecule has 1 saturated heterocycles. The zero-order chi connectivity index (χ0) is 20.2. The SMILES string of the molecule is O=C(O)c1cc2cnc(Nc3ccc(N4CCN(CCCO)CC4)cn3)nc2[nH]1. The number of nitrogens with zero attached hydrogens (tertiary/aromatic N) is 5. The summed E-state index contributed by atoms with van der Waals surface area (Å²) >= 11 is 0. The van der Waals surface area contributed by atoms with Gasteiger partial charge in [0.25, 0.3) is 0 Å². The van der Waals surface area contributed by atoms with Crippen LogP contribution in [-0.2, 0) is 0 Å². The molecule has 1 aliphatic rings. The Morgan fingerprint density at radius 3 is 2.69 bits per heavy atom. The molecule has 0 aliphatic carbocycles. The molecule has 0 atom stereocenters. The predicted molar refractivity (Wildman–Crippen MR) is 109 cm³/mol. The van der Waals surface area contributed by atoms with E-state index in [0.717, 1.165) is 44.8 Å². The van der Waals surface area contributed by atoms with Crippen LogP contribution in [0.3, 0.4) is 0 Å². The van der Waals surface area contributed by atoms with Gasteiger partial charge in [-0.05, 0) is 24.6 Å². The third-order valence-corrected chi connectivity index (χ3v) is 4.96. The van der Waals surface area contributed by atoms with E-state index in [1.54, 1.807) is 6.20 Å². The van der Waals surface area contributed by atoms with Gasteiger partial charge in [0.15, 0.2) is 0 Å². The average Bonchev–Trinajstić information content (AvgIpc) is 3.17. The van der Waals surface area contributed by atoms with Crippen molar-refractivity contribution in [3.63, 3.8) is 0 Å². The van der Waals surface area contributed by atoms with Crippen LogP contribution in [0.5, 0.6) is 0 Å². The van der Waals surface area contributed by atoms with Gasteiger partial charge in [0.2, 0.25) is 5.95 Å². The van der Waals surface area contributed by atoms with E-state index in [4.69, 9.17) is 10.2 Å². The Labute approximate surface area is 167 Å². The molecule has 10 nitrogen and oxygen atoms in total. The lowest BCUT2D eigenvalue weighted by Crippen LogP contribution is -2.46. The van der Waals surface area contributed by atoms with Crippen molar-refractivity contribution < 1.29 is 15.0 Å². The van der Waals surface area contributed by atoms with Crippen molar-refractivity contribution in [2.75, 3.05) is 49.5 Å². The molecule has 0 spiro atoms. The van der Waals surface area contributed by atoms with Crippen molar-refractivity contribution in [2.45, 2.75) is 6.42 Å². The van der Waals surface area contributed by atoms with Crippen molar-refractivity contribution in [1.29, 1.82) is 0 Å². The van der Waals surface area contributed by atoms with Crippen LogP contribution in [0.2, 0.25) is 0 Å². The molecular weight excluding hydrogens is 374 g/mol. The van der Waals surface area contributed by atoms with Gasteiger partial charge in [-0.25, -0.2) is 14.8 Å². The van der Waals surface area contributed by atoms with Crippen LogP contribution in [0.4, 0.5) is 17.5 Å². The molecule has 4 rings (SSSR count). The quantitative estimate of drug-likeness (QED) is 0.466. The zero-order valence-corrected chi connectivity index (χ0v) is 15.9. The lowest BCUT2D eigenvalue weighted by molar-refractivity contribution is 0.0691. The Morgan fingerprint density at radius 1 is 1.17 bits per heavy atom. The highest BCUT2D eigenvalue weighted by Gasteiger charge is 2.17. The van der Waals surface area contributed by atoms with E-state index in [9.17, 15) is 4.79 Å². The highest BCUT2D eigenvalue weighted by atomic mass is 16.4. The number of carbonyl (C=O) groups is 1. The number of aromatic nitrogens is 4. The summed E-state index contributed by atoms with van der Waals surface area (Å²) in [5.74, 6) is -0.0854. The van der Waals surface area contributed by atoms with Gasteiger partial charge in [0, 0.05) is 50.9 Å². The Morgan fingerprint density at radius 2 is 2.00 bits per heavy atom. The maximum Gasteiger partial charge on any atom is 0.352 e. The number of fused-ring (bicyclic) bond motifs is 1. The van der Waals surface area contributed by atoms with Gasteiger partial charge in [-0.3, -0.25) is 4.90 Å². The zero-order valence-electron chi connectivity index (χ0n) is 15.9. The molecule has 0 unspecified atom stereocenters. The van der Waals surface area contributed by atoms with Crippen LogP contribution >= 0.6 is 0 Å². The van der Waals surface area contributed by atoms with E-state index in [1.807, 2.05) is 18.3 Å². The standard InChI is InChI=1S/C19H23N7O3/c27-9-1-4-25-5-7-26(8-6-25)14-2-3-16(20-12-14)23-19-21-11-13-10-15(18(28)29)22-17(13)24-19/h2-3,10-12,27H,1,4-9H2,(H,28,29)(H2,20,21,22,23,24). The number of aromatic carboxylic acids is 1. The van der Waals surface area contributed by atoms with E-state index < -0.39 is 5.97 Å². The molecule has 0 amide bonds. The molecule has 1 fully saturated rings. The summed E-state index contributed by atoms with van der Waals surface area (Å²) in [7, 11) is 0. The Balaban J connectivity index is 1.38. The van der Waals surface area contributed by atoms with E-state index in [-0.39, 0.29) is 12.3 Å². The Kier molecular flexibility index (Phi) is 5.54. The fourth-order valence-electron chi connectivity index (χ4n) is 3.38. The van der Waals surface area contributed by atoms with Crippen molar-refractivity contribution >= 4 is 34.5 Å². The molecular formula is C19H23N7O3. The van der Waals surface area contributed by atoms with Gasteiger partial charge < -0.3 is 25.4 Å². The van der Waals surface area contributed by atoms with Gasteiger partial charge in [-0.15, -0.1) is 0 Å². The van der Waals surface area contributed by atoms with Gasteiger partial charge in [0.05, 0.1) is 11.9 Å². The maximum absolute atomic E-state index is 11.1. The number of aliphatic hydroxyl groups is 1. The van der Waals surface area contributed by atoms with Crippen molar-refractivity contribution in [1.82, 2.24) is 24.8 Å². The number of aromatic amines is 1. The number of carboxylic acid groups (broad SMARTS) is 1. The largest absolute Gasteiger partial charge is 0.477 e. The number of anilines is 3. The number of H-pyrrole nitrogens is 1. The monoisotopic (exact) mass is 397 g/mol. The summed E-state index contributed by atoms with van der Waals surface area (Å²) in [6, 6.07) is 5.38. The lowest BCUT2D eigenvalue weighted by atomic mass is 10.2. The number of nitrogens with one attached hydrogen (secondary N) is 2. The number of aliphatic hydroxyl groups excluding tert-OH is 1. The highest BCUT2D eigenvalue weighted by molar-refractivity contribution is 5.92. The molecule has 0 radical (unpaired) electrons. The van der Waals surface area contributed by atoms with Crippen LogP contribution in [0, 0.1) is 0 Å². The third-order valence-electron chi connectivity index (χ3n) is 4.96. The number of piperazine rings is 1. The summed E-state index contributed by atoms with van der Waals surface area (Å²) in [6.07, 6.45) is 4.20.